The zero-order chi connectivity index (χ0) is 13.9. The monoisotopic (exact) mass is 326 g/mol. The lowest BCUT2D eigenvalue weighted by molar-refractivity contribution is 0.200. The molecule has 3 rings (SSSR count). The minimum Gasteiger partial charge on any atom is -0.314 e. The van der Waals surface area contributed by atoms with E-state index in [1.807, 2.05) is 12.1 Å². The van der Waals surface area contributed by atoms with Crippen molar-refractivity contribution in [1.29, 1.82) is 0 Å². The summed E-state index contributed by atoms with van der Waals surface area (Å²) in [5.41, 5.74) is 1.21. The minimum atomic E-state index is 0.270. The number of nitrogens with one attached hydrogen (secondary N) is 1. The van der Waals surface area contributed by atoms with E-state index in [2.05, 4.69) is 33.8 Å². The molecule has 0 aliphatic carbocycles. The van der Waals surface area contributed by atoms with Crippen LogP contribution in [0.2, 0.25) is 10.0 Å². The highest BCUT2D eigenvalue weighted by Gasteiger charge is 2.25. The van der Waals surface area contributed by atoms with Crippen LogP contribution in [0.1, 0.15) is 16.5 Å². The van der Waals surface area contributed by atoms with Gasteiger partial charge < -0.3 is 5.32 Å². The number of halogens is 2. The molecular formula is C15H16Cl2N2S. The van der Waals surface area contributed by atoms with Crippen molar-refractivity contribution in [2.45, 2.75) is 6.04 Å². The second-order valence-corrected chi connectivity index (χ2v) is 6.67. The smallest absolute Gasteiger partial charge is 0.0697 e. The van der Waals surface area contributed by atoms with Gasteiger partial charge in [0.05, 0.1) is 16.1 Å². The summed E-state index contributed by atoms with van der Waals surface area (Å²) in [5, 5.41) is 6.77. The Morgan fingerprint density at radius 2 is 1.90 bits per heavy atom. The molecule has 2 heterocycles. The van der Waals surface area contributed by atoms with Gasteiger partial charge in [-0.15, -0.1) is 11.3 Å². The van der Waals surface area contributed by atoms with Crippen LogP contribution in [-0.2, 0) is 0 Å². The largest absolute Gasteiger partial charge is 0.314 e. The van der Waals surface area contributed by atoms with Gasteiger partial charge in [0, 0.05) is 31.1 Å². The molecule has 1 saturated heterocycles. The van der Waals surface area contributed by atoms with Crippen molar-refractivity contribution >= 4 is 34.5 Å². The Bertz CT molecular complexity index is 565. The van der Waals surface area contributed by atoms with Gasteiger partial charge in [-0.3, -0.25) is 4.90 Å². The van der Waals surface area contributed by atoms with Crippen LogP contribution in [-0.4, -0.2) is 31.1 Å². The highest BCUT2D eigenvalue weighted by Crippen LogP contribution is 2.34. The molecule has 2 aromatic rings. The first kappa shape index (κ1) is 14.4. The Kier molecular flexibility index (Phi) is 4.64. The molecule has 1 atom stereocenters. The molecule has 0 unspecified atom stereocenters. The first-order chi connectivity index (χ1) is 9.75. The summed E-state index contributed by atoms with van der Waals surface area (Å²) in [6, 6.07) is 10.5. The molecule has 0 radical (unpaired) electrons. The Morgan fingerprint density at radius 3 is 2.55 bits per heavy atom. The van der Waals surface area contributed by atoms with Gasteiger partial charge in [0.1, 0.15) is 0 Å². The quantitative estimate of drug-likeness (QED) is 0.915. The number of rotatable bonds is 3. The number of hydrogen-bond acceptors (Lipinski definition) is 3. The predicted molar refractivity (Wildman–Crippen MR) is 87.1 cm³/mol. The van der Waals surface area contributed by atoms with Gasteiger partial charge in [0.25, 0.3) is 0 Å². The number of piperazine rings is 1. The van der Waals surface area contributed by atoms with Crippen LogP contribution in [0.5, 0.6) is 0 Å². The van der Waals surface area contributed by atoms with E-state index in [4.69, 9.17) is 23.2 Å². The van der Waals surface area contributed by atoms with Gasteiger partial charge >= 0.3 is 0 Å². The van der Waals surface area contributed by atoms with Gasteiger partial charge in [-0.2, -0.15) is 0 Å². The number of benzene rings is 1. The molecule has 1 fully saturated rings. The van der Waals surface area contributed by atoms with E-state index in [0.717, 1.165) is 26.2 Å². The summed E-state index contributed by atoms with van der Waals surface area (Å²) in [5.74, 6) is 0. The van der Waals surface area contributed by atoms with E-state index in [1.165, 1.54) is 10.4 Å². The summed E-state index contributed by atoms with van der Waals surface area (Å²) < 4.78 is 0. The van der Waals surface area contributed by atoms with Crippen molar-refractivity contribution in [2.24, 2.45) is 0 Å². The Labute approximate surface area is 133 Å². The second-order valence-electron chi connectivity index (χ2n) is 4.88. The normalized spacial score (nSPS) is 18.1. The zero-order valence-corrected chi connectivity index (χ0v) is 13.3. The van der Waals surface area contributed by atoms with E-state index in [0.29, 0.717) is 10.0 Å². The first-order valence-electron chi connectivity index (χ1n) is 6.69. The zero-order valence-electron chi connectivity index (χ0n) is 11.0. The first-order valence-corrected chi connectivity index (χ1v) is 8.32. The summed E-state index contributed by atoms with van der Waals surface area (Å²) in [4.78, 5) is 3.85. The number of hydrogen-bond donors (Lipinski definition) is 1. The molecule has 1 aromatic carbocycles. The highest BCUT2D eigenvalue weighted by molar-refractivity contribution is 7.10. The highest BCUT2D eigenvalue weighted by atomic mass is 35.5. The summed E-state index contributed by atoms with van der Waals surface area (Å²) in [7, 11) is 0. The fourth-order valence-corrected chi connectivity index (χ4v) is 3.82. The van der Waals surface area contributed by atoms with E-state index in [1.54, 1.807) is 11.3 Å². The molecule has 2 nitrogen and oxygen atoms in total. The van der Waals surface area contributed by atoms with Crippen LogP contribution in [0.3, 0.4) is 0 Å². The predicted octanol–water partition coefficient (Wildman–Crippen LogP) is 4.05. The lowest BCUT2D eigenvalue weighted by Gasteiger charge is -2.34. The molecule has 0 amide bonds. The van der Waals surface area contributed by atoms with Crippen molar-refractivity contribution in [1.82, 2.24) is 10.2 Å². The molecule has 1 aromatic heterocycles. The lowest BCUT2D eigenvalue weighted by Crippen LogP contribution is -2.45. The van der Waals surface area contributed by atoms with Crippen LogP contribution >= 0.6 is 34.5 Å². The van der Waals surface area contributed by atoms with Gasteiger partial charge in [-0.25, -0.2) is 0 Å². The standard InChI is InChI=1S/C15H16Cl2N2S/c16-12-4-3-11(10-13(12)17)15(14-2-1-9-20-14)19-7-5-18-6-8-19/h1-4,9-10,15,18H,5-8H2/t15-/m1/s1. The summed E-state index contributed by atoms with van der Waals surface area (Å²) in [6.07, 6.45) is 0. The minimum absolute atomic E-state index is 0.270. The summed E-state index contributed by atoms with van der Waals surface area (Å²) >= 11 is 14.0. The SMILES string of the molecule is Clc1ccc([C@H](c2cccs2)N2CCNCC2)cc1Cl. The van der Waals surface area contributed by atoms with E-state index < -0.39 is 0 Å². The molecule has 0 spiro atoms. The molecule has 0 bridgehead atoms. The molecule has 1 aliphatic rings. The topological polar surface area (TPSA) is 15.3 Å². The number of nitrogens with zero attached hydrogens (tertiary/aromatic N) is 1. The lowest BCUT2D eigenvalue weighted by atomic mass is 10.0. The van der Waals surface area contributed by atoms with E-state index in [-0.39, 0.29) is 6.04 Å². The van der Waals surface area contributed by atoms with Crippen LogP contribution in [0, 0.1) is 0 Å². The van der Waals surface area contributed by atoms with Gasteiger partial charge in [-0.1, -0.05) is 35.3 Å². The maximum absolute atomic E-state index is 6.20. The van der Waals surface area contributed by atoms with Crippen molar-refractivity contribution < 1.29 is 0 Å². The molecule has 106 valence electrons. The van der Waals surface area contributed by atoms with Crippen molar-refractivity contribution in [3.8, 4) is 0 Å². The van der Waals surface area contributed by atoms with Crippen LogP contribution < -0.4 is 5.32 Å². The van der Waals surface area contributed by atoms with Crippen molar-refractivity contribution in [2.75, 3.05) is 26.2 Å². The molecule has 20 heavy (non-hydrogen) atoms. The van der Waals surface area contributed by atoms with Gasteiger partial charge in [0.15, 0.2) is 0 Å². The Morgan fingerprint density at radius 1 is 1.10 bits per heavy atom. The average molecular weight is 327 g/mol. The maximum atomic E-state index is 6.20. The third-order valence-corrected chi connectivity index (χ3v) is 5.25. The summed E-state index contributed by atoms with van der Waals surface area (Å²) in [6.45, 7) is 4.15. The molecule has 0 saturated carbocycles. The Balaban J connectivity index is 1.98. The van der Waals surface area contributed by atoms with Gasteiger partial charge in [0.2, 0.25) is 0 Å². The number of thiophene rings is 1. The molecular weight excluding hydrogens is 311 g/mol. The van der Waals surface area contributed by atoms with E-state index >= 15 is 0 Å². The van der Waals surface area contributed by atoms with Crippen LogP contribution in [0.15, 0.2) is 35.7 Å². The molecule has 5 heteroatoms. The molecule has 1 aliphatic heterocycles. The fraction of sp³-hybridized carbons (Fsp3) is 0.333. The van der Waals surface area contributed by atoms with Crippen LogP contribution in [0.25, 0.3) is 0 Å². The second kappa shape index (κ2) is 6.46. The van der Waals surface area contributed by atoms with Crippen LogP contribution in [0.4, 0.5) is 0 Å². The van der Waals surface area contributed by atoms with Gasteiger partial charge in [-0.05, 0) is 29.1 Å². The third-order valence-electron chi connectivity index (χ3n) is 3.59. The maximum Gasteiger partial charge on any atom is 0.0697 e. The molecule has 1 N–H and O–H groups in total. The fourth-order valence-electron chi connectivity index (χ4n) is 2.62. The Hall–Kier alpha value is -0.580. The third kappa shape index (κ3) is 3.02. The van der Waals surface area contributed by atoms with Crippen molar-refractivity contribution in [3.05, 3.63) is 56.2 Å². The average Bonchev–Trinajstić information content (AvgIpc) is 2.98. The van der Waals surface area contributed by atoms with Crippen molar-refractivity contribution in [3.63, 3.8) is 0 Å². The van der Waals surface area contributed by atoms with E-state index in [9.17, 15) is 0 Å².